The molecule has 2 aliphatic carbocycles. The van der Waals surface area contributed by atoms with Crippen LogP contribution in [0, 0.1) is 24.2 Å². The summed E-state index contributed by atoms with van der Waals surface area (Å²) in [5.74, 6) is 0.431. The molecule has 2 saturated carbocycles. The molecule has 1 aromatic carbocycles. The fraction of sp³-hybridized carbons (Fsp3) is 0.440. The van der Waals surface area contributed by atoms with Crippen LogP contribution in [0.2, 0.25) is 0 Å². The summed E-state index contributed by atoms with van der Waals surface area (Å²) in [5, 5.41) is 11.0. The van der Waals surface area contributed by atoms with E-state index in [2.05, 4.69) is 33.3 Å². The number of sulfonamides is 1. The minimum Gasteiger partial charge on any atom is -0.335 e. The number of hydrogen-bond acceptors (Lipinski definition) is 4. The number of aromatic nitrogens is 2. The van der Waals surface area contributed by atoms with Crippen molar-refractivity contribution in [3.63, 3.8) is 0 Å². The largest absolute Gasteiger partial charge is 0.335 e. The van der Waals surface area contributed by atoms with Gasteiger partial charge in [0.05, 0.1) is 22.5 Å². The van der Waals surface area contributed by atoms with E-state index in [0.717, 1.165) is 47.8 Å². The first-order valence-electron chi connectivity index (χ1n) is 11.4. The van der Waals surface area contributed by atoms with Gasteiger partial charge in [-0.2, -0.15) is 5.26 Å². The Hall–Kier alpha value is -2.69. The van der Waals surface area contributed by atoms with Crippen molar-refractivity contribution < 1.29 is 8.42 Å². The highest BCUT2D eigenvalue weighted by atomic mass is 32.2. The van der Waals surface area contributed by atoms with E-state index in [4.69, 9.17) is 0 Å². The summed E-state index contributed by atoms with van der Waals surface area (Å²) >= 11 is 0. The van der Waals surface area contributed by atoms with Gasteiger partial charge in [-0.1, -0.05) is 25.0 Å². The predicted molar refractivity (Wildman–Crippen MR) is 125 cm³/mol. The summed E-state index contributed by atoms with van der Waals surface area (Å²) in [5.41, 5.74) is 4.24. The minimum absolute atomic E-state index is 0.0713. The SMILES string of the molecule is Cc1ccc2c(C#N)c(-c3ccc(S(=O)(=O)N[C@@H](C)C4CC4)cn3)n(C3CCCC3)c2c1. The van der Waals surface area contributed by atoms with Crippen LogP contribution < -0.4 is 4.72 Å². The van der Waals surface area contributed by atoms with Gasteiger partial charge in [0.15, 0.2) is 0 Å². The molecule has 32 heavy (non-hydrogen) atoms. The number of nitriles is 1. The van der Waals surface area contributed by atoms with Crippen molar-refractivity contribution in [3.05, 3.63) is 47.7 Å². The molecule has 0 unspecified atom stereocenters. The van der Waals surface area contributed by atoms with Gasteiger partial charge in [-0.3, -0.25) is 4.98 Å². The normalized spacial score (nSPS) is 18.2. The minimum atomic E-state index is -3.62. The lowest BCUT2D eigenvalue weighted by atomic mass is 10.1. The van der Waals surface area contributed by atoms with Crippen LogP contribution in [-0.2, 0) is 10.0 Å². The maximum Gasteiger partial charge on any atom is 0.242 e. The summed E-state index contributed by atoms with van der Waals surface area (Å²) in [6, 6.07) is 12.2. The monoisotopic (exact) mass is 448 g/mol. The van der Waals surface area contributed by atoms with Gasteiger partial charge in [-0.15, -0.1) is 0 Å². The Labute approximate surface area is 189 Å². The quantitative estimate of drug-likeness (QED) is 0.570. The van der Waals surface area contributed by atoms with Gasteiger partial charge in [0, 0.05) is 23.7 Å². The van der Waals surface area contributed by atoms with Crippen LogP contribution >= 0.6 is 0 Å². The zero-order chi connectivity index (χ0) is 22.5. The molecule has 0 saturated heterocycles. The van der Waals surface area contributed by atoms with E-state index in [1.54, 1.807) is 12.1 Å². The van der Waals surface area contributed by atoms with Crippen LogP contribution in [0.1, 0.15) is 62.6 Å². The molecule has 1 atom stereocenters. The average molecular weight is 449 g/mol. The Morgan fingerprint density at radius 2 is 1.91 bits per heavy atom. The Morgan fingerprint density at radius 1 is 1.16 bits per heavy atom. The standard InChI is InChI=1S/C25H28N4O2S/c1-16-7-11-21-22(14-26)25(29(24(21)13-16)19-5-3-4-6-19)23-12-10-20(15-27-23)32(30,31)28-17(2)18-8-9-18/h7,10-13,15,17-19,28H,3-6,8-9H2,1-2H3/t17-/m0/s1. The van der Waals surface area contributed by atoms with Gasteiger partial charge in [0.25, 0.3) is 0 Å². The lowest BCUT2D eigenvalue weighted by Crippen LogP contribution is -2.34. The highest BCUT2D eigenvalue weighted by molar-refractivity contribution is 7.89. The van der Waals surface area contributed by atoms with Crippen molar-refractivity contribution in [1.29, 1.82) is 5.26 Å². The van der Waals surface area contributed by atoms with Crippen molar-refractivity contribution in [1.82, 2.24) is 14.3 Å². The maximum absolute atomic E-state index is 12.8. The molecule has 0 radical (unpaired) electrons. The van der Waals surface area contributed by atoms with Gasteiger partial charge in [0.1, 0.15) is 11.0 Å². The third-order valence-corrected chi connectivity index (χ3v) is 8.47. The van der Waals surface area contributed by atoms with Crippen molar-refractivity contribution >= 4 is 20.9 Å². The van der Waals surface area contributed by atoms with Crippen molar-refractivity contribution in [2.75, 3.05) is 0 Å². The van der Waals surface area contributed by atoms with Gasteiger partial charge in [-0.05, 0) is 69.2 Å². The van der Waals surface area contributed by atoms with E-state index >= 15 is 0 Å². The molecule has 6 nitrogen and oxygen atoms in total. The zero-order valence-electron chi connectivity index (χ0n) is 18.5. The molecule has 1 N–H and O–H groups in total. The van der Waals surface area contributed by atoms with Crippen LogP contribution in [0.3, 0.4) is 0 Å². The van der Waals surface area contributed by atoms with E-state index in [1.165, 1.54) is 19.0 Å². The topological polar surface area (TPSA) is 87.8 Å². The first-order valence-corrected chi connectivity index (χ1v) is 12.9. The summed E-state index contributed by atoms with van der Waals surface area (Å²) in [6.07, 6.45) is 8.06. The average Bonchev–Trinajstić information content (AvgIpc) is 3.40. The second-order valence-corrected chi connectivity index (χ2v) is 11.0. The summed E-state index contributed by atoms with van der Waals surface area (Å²) in [4.78, 5) is 4.71. The number of benzene rings is 1. The van der Waals surface area contributed by atoms with E-state index in [-0.39, 0.29) is 10.9 Å². The Morgan fingerprint density at radius 3 is 2.53 bits per heavy atom. The van der Waals surface area contributed by atoms with Gasteiger partial charge >= 0.3 is 0 Å². The van der Waals surface area contributed by atoms with Gasteiger partial charge in [0.2, 0.25) is 10.0 Å². The molecule has 2 heterocycles. The Balaban J connectivity index is 1.60. The lowest BCUT2D eigenvalue weighted by Gasteiger charge is -2.18. The molecule has 2 aliphatic rings. The third-order valence-electron chi connectivity index (χ3n) is 6.92. The molecule has 0 bridgehead atoms. The van der Waals surface area contributed by atoms with Crippen LogP contribution in [0.5, 0.6) is 0 Å². The van der Waals surface area contributed by atoms with E-state index in [9.17, 15) is 13.7 Å². The lowest BCUT2D eigenvalue weighted by molar-refractivity contribution is 0.537. The van der Waals surface area contributed by atoms with Gasteiger partial charge < -0.3 is 4.57 Å². The first-order chi connectivity index (χ1) is 15.4. The molecule has 0 spiro atoms. The molecular weight excluding hydrogens is 420 g/mol. The number of nitrogens with zero attached hydrogens (tertiary/aromatic N) is 3. The number of rotatable bonds is 6. The Bertz CT molecular complexity index is 1310. The number of pyridine rings is 1. The van der Waals surface area contributed by atoms with Crippen LogP contribution in [0.15, 0.2) is 41.4 Å². The Kier molecular flexibility index (Phi) is 5.31. The highest BCUT2D eigenvalue weighted by Crippen LogP contribution is 2.41. The van der Waals surface area contributed by atoms with Gasteiger partial charge in [-0.25, -0.2) is 13.1 Å². The fourth-order valence-corrected chi connectivity index (χ4v) is 6.27. The molecular formula is C25H28N4O2S. The van der Waals surface area contributed by atoms with E-state index in [1.807, 2.05) is 19.1 Å². The number of aryl methyl sites for hydroxylation is 1. The molecule has 0 aliphatic heterocycles. The number of nitrogens with one attached hydrogen (secondary N) is 1. The van der Waals surface area contributed by atoms with Crippen molar-refractivity contribution in [2.24, 2.45) is 5.92 Å². The maximum atomic E-state index is 12.8. The van der Waals surface area contributed by atoms with Crippen molar-refractivity contribution in [2.45, 2.75) is 69.4 Å². The highest BCUT2D eigenvalue weighted by Gasteiger charge is 2.32. The molecule has 7 heteroatoms. The first kappa shape index (κ1) is 21.2. The van der Waals surface area contributed by atoms with E-state index < -0.39 is 10.0 Å². The second kappa shape index (κ2) is 8.02. The summed E-state index contributed by atoms with van der Waals surface area (Å²) < 4.78 is 30.6. The predicted octanol–water partition coefficient (Wildman–Crippen LogP) is 5.08. The van der Waals surface area contributed by atoms with Crippen LogP contribution in [-0.4, -0.2) is 24.0 Å². The molecule has 166 valence electrons. The van der Waals surface area contributed by atoms with Crippen LogP contribution in [0.4, 0.5) is 0 Å². The third kappa shape index (κ3) is 3.72. The summed E-state index contributed by atoms with van der Waals surface area (Å²) in [7, 11) is -3.62. The summed E-state index contributed by atoms with van der Waals surface area (Å²) in [6.45, 7) is 3.98. The van der Waals surface area contributed by atoms with Crippen molar-refractivity contribution in [3.8, 4) is 17.5 Å². The number of hydrogen-bond donors (Lipinski definition) is 1. The fourth-order valence-electron chi connectivity index (χ4n) is 5.01. The number of fused-ring (bicyclic) bond motifs is 1. The van der Waals surface area contributed by atoms with E-state index in [0.29, 0.717) is 23.2 Å². The molecule has 2 fully saturated rings. The zero-order valence-corrected chi connectivity index (χ0v) is 19.3. The molecule has 0 amide bonds. The molecule has 2 aromatic heterocycles. The molecule has 3 aromatic rings. The van der Waals surface area contributed by atoms with Crippen LogP contribution in [0.25, 0.3) is 22.3 Å². The second-order valence-electron chi connectivity index (χ2n) is 9.29. The smallest absolute Gasteiger partial charge is 0.242 e. The molecule has 5 rings (SSSR count).